The van der Waals surface area contributed by atoms with Crippen molar-refractivity contribution in [1.29, 1.82) is 0 Å². The Kier molecular flexibility index (Phi) is 5.25. The fourth-order valence-corrected chi connectivity index (χ4v) is 3.28. The predicted molar refractivity (Wildman–Crippen MR) is 77.4 cm³/mol. The fraction of sp³-hybridized carbons (Fsp3) is 0.800. The van der Waals surface area contributed by atoms with Crippen LogP contribution in [0.25, 0.3) is 0 Å². The first kappa shape index (κ1) is 14.4. The summed E-state index contributed by atoms with van der Waals surface area (Å²) in [6.45, 7) is 3.14. The third kappa shape index (κ3) is 3.50. The lowest BCUT2D eigenvalue weighted by Gasteiger charge is -2.27. The number of rotatable bonds is 6. The van der Waals surface area contributed by atoms with E-state index in [1.807, 2.05) is 17.9 Å². The average Bonchev–Trinajstić information content (AvgIpc) is 2.80. The number of nitrogens with zero attached hydrogens (tertiary/aromatic N) is 2. The zero-order valence-electron chi connectivity index (χ0n) is 12.5. The molecule has 0 aromatic carbocycles. The smallest absolute Gasteiger partial charge is 0.161 e. The predicted octanol–water partition coefficient (Wildman–Crippen LogP) is 3.05. The van der Waals surface area contributed by atoms with E-state index in [1.54, 1.807) is 7.11 Å². The van der Waals surface area contributed by atoms with E-state index in [0.717, 1.165) is 18.2 Å². The molecule has 4 heteroatoms. The molecule has 19 heavy (non-hydrogen) atoms. The molecule has 1 heterocycles. The molecule has 0 amide bonds. The van der Waals surface area contributed by atoms with Gasteiger partial charge in [-0.15, -0.1) is 0 Å². The first-order chi connectivity index (χ1) is 9.26. The molecule has 1 N–H and O–H groups in total. The second kappa shape index (κ2) is 6.94. The summed E-state index contributed by atoms with van der Waals surface area (Å²) in [5.41, 5.74) is 1.19. The molecule has 1 saturated carbocycles. The highest BCUT2D eigenvalue weighted by atomic mass is 16.5. The number of hydrogen-bond acceptors (Lipinski definition) is 3. The van der Waals surface area contributed by atoms with Crippen molar-refractivity contribution in [3.05, 3.63) is 11.9 Å². The normalized spacial score (nSPS) is 18.5. The average molecular weight is 265 g/mol. The summed E-state index contributed by atoms with van der Waals surface area (Å²) >= 11 is 0. The van der Waals surface area contributed by atoms with E-state index in [4.69, 9.17) is 4.74 Å². The number of aryl methyl sites for hydroxylation is 1. The number of methoxy groups -OCH3 is 1. The van der Waals surface area contributed by atoms with Crippen LogP contribution >= 0.6 is 0 Å². The van der Waals surface area contributed by atoms with Crippen molar-refractivity contribution in [2.75, 3.05) is 13.7 Å². The molecule has 1 aromatic heterocycles. The second-order valence-corrected chi connectivity index (χ2v) is 5.57. The topological polar surface area (TPSA) is 39.1 Å². The van der Waals surface area contributed by atoms with Gasteiger partial charge in [-0.25, -0.2) is 0 Å². The van der Waals surface area contributed by atoms with Crippen LogP contribution in [0.1, 0.15) is 57.2 Å². The number of nitrogens with one attached hydrogen (secondary N) is 1. The highest BCUT2D eigenvalue weighted by Gasteiger charge is 2.24. The molecule has 108 valence electrons. The van der Waals surface area contributed by atoms with Crippen LogP contribution in [-0.4, -0.2) is 23.4 Å². The van der Waals surface area contributed by atoms with Crippen molar-refractivity contribution in [3.63, 3.8) is 0 Å². The first-order valence-corrected chi connectivity index (χ1v) is 7.55. The molecule has 1 fully saturated rings. The zero-order valence-corrected chi connectivity index (χ0v) is 12.5. The third-order valence-corrected chi connectivity index (χ3v) is 4.24. The van der Waals surface area contributed by atoms with Crippen LogP contribution in [0.5, 0.6) is 5.75 Å². The maximum atomic E-state index is 5.46. The van der Waals surface area contributed by atoms with Crippen molar-refractivity contribution in [2.24, 2.45) is 13.0 Å². The Hall–Kier alpha value is -1.03. The van der Waals surface area contributed by atoms with Crippen molar-refractivity contribution in [2.45, 2.75) is 51.5 Å². The Labute approximate surface area is 116 Å². The molecule has 1 unspecified atom stereocenters. The maximum Gasteiger partial charge on any atom is 0.161 e. The van der Waals surface area contributed by atoms with Crippen LogP contribution < -0.4 is 10.1 Å². The minimum atomic E-state index is 0.357. The molecule has 4 nitrogen and oxygen atoms in total. The minimum absolute atomic E-state index is 0.357. The van der Waals surface area contributed by atoms with Gasteiger partial charge in [-0.2, -0.15) is 5.10 Å². The van der Waals surface area contributed by atoms with E-state index in [0.29, 0.717) is 6.04 Å². The molecule has 1 aromatic rings. The van der Waals surface area contributed by atoms with Gasteiger partial charge < -0.3 is 10.1 Å². The molecular formula is C15H27N3O. The molecule has 1 aliphatic carbocycles. The lowest BCUT2D eigenvalue weighted by Crippen LogP contribution is -2.26. The van der Waals surface area contributed by atoms with Gasteiger partial charge in [0.2, 0.25) is 0 Å². The first-order valence-electron chi connectivity index (χ1n) is 7.55. The van der Waals surface area contributed by atoms with Crippen molar-refractivity contribution in [1.82, 2.24) is 15.1 Å². The summed E-state index contributed by atoms with van der Waals surface area (Å²) in [5, 5.41) is 7.94. The molecule has 0 spiro atoms. The third-order valence-electron chi connectivity index (χ3n) is 4.24. The summed E-state index contributed by atoms with van der Waals surface area (Å²) in [6, 6.07) is 0.357. The minimum Gasteiger partial charge on any atom is -0.493 e. The van der Waals surface area contributed by atoms with Gasteiger partial charge in [-0.1, -0.05) is 39.0 Å². The van der Waals surface area contributed by atoms with E-state index < -0.39 is 0 Å². The van der Waals surface area contributed by atoms with Gasteiger partial charge in [0.25, 0.3) is 0 Å². The molecule has 0 bridgehead atoms. The van der Waals surface area contributed by atoms with E-state index >= 15 is 0 Å². The van der Waals surface area contributed by atoms with Crippen LogP contribution in [-0.2, 0) is 7.05 Å². The van der Waals surface area contributed by atoms with Crippen molar-refractivity contribution >= 4 is 0 Å². The monoisotopic (exact) mass is 265 g/mol. The molecule has 0 saturated heterocycles. The lowest BCUT2D eigenvalue weighted by atomic mass is 9.84. The van der Waals surface area contributed by atoms with Crippen LogP contribution in [0.2, 0.25) is 0 Å². The van der Waals surface area contributed by atoms with Gasteiger partial charge in [0.1, 0.15) is 0 Å². The van der Waals surface area contributed by atoms with E-state index in [9.17, 15) is 0 Å². The fourth-order valence-electron chi connectivity index (χ4n) is 3.28. The standard InChI is InChI=1S/C15H27N3O/c1-4-16-13(10-12-8-6-5-7-9-12)15-14(19-3)11-17-18(15)2/h11-13,16H,4-10H2,1-3H3. The summed E-state index contributed by atoms with van der Waals surface area (Å²) < 4.78 is 7.41. The van der Waals surface area contributed by atoms with Crippen LogP contribution in [0, 0.1) is 5.92 Å². The van der Waals surface area contributed by atoms with Crippen LogP contribution in [0.3, 0.4) is 0 Å². The summed E-state index contributed by atoms with van der Waals surface area (Å²) in [4.78, 5) is 0. The van der Waals surface area contributed by atoms with Gasteiger partial charge in [-0.05, 0) is 18.9 Å². The summed E-state index contributed by atoms with van der Waals surface area (Å²) in [5.74, 6) is 1.75. The molecule has 0 aliphatic heterocycles. The highest BCUT2D eigenvalue weighted by molar-refractivity contribution is 5.28. The Morgan fingerprint density at radius 1 is 1.42 bits per heavy atom. The number of aromatic nitrogens is 2. The van der Waals surface area contributed by atoms with Crippen LogP contribution in [0.4, 0.5) is 0 Å². The summed E-state index contributed by atoms with van der Waals surface area (Å²) in [6.07, 6.45) is 9.98. The van der Waals surface area contributed by atoms with Crippen LogP contribution in [0.15, 0.2) is 6.20 Å². The maximum absolute atomic E-state index is 5.46. The second-order valence-electron chi connectivity index (χ2n) is 5.57. The molecule has 0 radical (unpaired) electrons. The Bertz CT molecular complexity index is 383. The van der Waals surface area contributed by atoms with Gasteiger partial charge in [0, 0.05) is 7.05 Å². The van der Waals surface area contributed by atoms with Gasteiger partial charge in [-0.3, -0.25) is 4.68 Å². The SMILES string of the molecule is CCNC(CC1CCCCC1)c1c(OC)cnn1C. The molecule has 1 atom stereocenters. The Morgan fingerprint density at radius 2 is 2.16 bits per heavy atom. The van der Waals surface area contributed by atoms with Gasteiger partial charge in [0.05, 0.1) is 25.0 Å². The zero-order chi connectivity index (χ0) is 13.7. The molecular weight excluding hydrogens is 238 g/mol. The Morgan fingerprint density at radius 3 is 2.79 bits per heavy atom. The van der Waals surface area contributed by atoms with E-state index in [-0.39, 0.29) is 0 Å². The Balaban J connectivity index is 2.11. The number of hydrogen-bond donors (Lipinski definition) is 1. The largest absolute Gasteiger partial charge is 0.493 e. The summed E-state index contributed by atoms with van der Waals surface area (Å²) in [7, 11) is 3.73. The van der Waals surface area contributed by atoms with Crippen molar-refractivity contribution in [3.8, 4) is 5.75 Å². The van der Waals surface area contributed by atoms with Gasteiger partial charge >= 0.3 is 0 Å². The molecule has 2 rings (SSSR count). The highest BCUT2D eigenvalue weighted by Crippen LogP contribution is 2.34. The van der Waals surface area contributed by atoms with E-state index in [1.165, 1.54) is 44.2 Å². The van der Waals surface area contributed by atoms with Gasteiger partial charge in [0.15, 0.2) is 5.75 Å². The lowest BCUT2D eigenvalue weighted by molar-refractivity contribution is 0.291. The van der Waals surface area contributed by atoms with Crippen molar-refractivity contribution < 1.29 is 4.74 Å². The van der Waals surface area contributed by atoms with E-state index in [2.05, 4.69) is 17.3 Å². The molecule has 1 aliphatic rings. The number of ether oxygens (including phenoxy) is 1. The quantitative estimate of drug-likeness (QED) is 0.859.